The van der Waals surface area contributed by atoms with Gasteiger partial charge in [0.25, 0.3) is 0 Å². The molecular formula is C11H21NO. The summed E-state index contributed by atoms with van der Waals surface area (Å²) in [7, 11) is 0. The summed E-state index contributed by atoms with van der Waals surface area (Å²) in [6, 6.07) is 0. The topological polar surface area (TPSA) is 29.1 Å². The van der Waals surface area contributed by atoms with Crippen molar-refractivity contribution < 1.29 is 4.79 Å². The van der Waals surface area contributed by atoms with E-state index < -0.39 is 0 Å². The zero-order valence-corrected chi connectivity index (χ0v) is 9.02. The first kappa shape index (κ1) is 10.7. The van der Waals surface area contributed by atoms with Crippen molar-refractivity contribution in [2.24, 2.45) is 11.3 Å². The van der Waals surface area contributed by atoms with Gasteiger partial charge in [-0.3, -0.25) is 4.79 Å². The minimum atomic E-state index is 0.155. The number of nitrogens with one attached hydrogen (secondary N) is 1. The van der Waals surface area contributed by atoms with Crippen molar-refractivity contribution in [1.82, 2.24) is 5.32 Å². The van der Waals surface area contributed by atoms with Crippen LogP contribution in [0.5, 0.6) is 0 Å². The maximum atomic E-state index is 11.8. The molecule has 0 saturated carbocycles. The van der Waals surface area contributed by atoms with Crippen LogP contribution in [0.4, 0.5) is 0 Å². The lowest BCUT2D eigenvalue weighted by atomic mass is 9.83. The van der Waals surface area contributed by atoms with Crippen LogP contribution < -0.4 is 5.32 Å². The van der Waals surface area contributed by atoms with Crippen molar-refractivity contribution in [2.45, 2.75) is 40.0 Å². The van der Waals surface area contributed by atoms with Crippen LogP contribution in [0.2, 0.25) is 0 Å². The van der Waals surface area contributed by atoms with Gasteiger partial charge < -0.3 is 5.32 Å². The van der Waals surface area contributed by atoms with Crippen LogP contribution >= 0.6 is 0 Å². The predicted octanol–water partition coefficient (Wildman–Crippen LogP) is 1.99. The SMILES string of the molecule is CC(C)(C)CC(=O)C1CCNCC1. The summed E-state index contributed by atoms with van der Waals surface area (Å²) in [5.41, 5.74) is 0.155. The van der Waals surface area contributed by atoms with Crippen molar-refractivity contribution in [3.05, 3.63) is 0 Å². The fourth-order valence-electron chi connectivity index (χ4n) is 1.81. The van der Waals surface area contributed by atoms with Crippen LogP contribution in [0.3, 0.4) is 0 Å². The number of carbonyl (C=O) groups is 1. The lowest BCUT2D eigenvalue weighted by molar-refractivity contribution is -0.125. The lowest BCUT2D eigenvalue weighted by Crippen LogP contribution is -2.33. The quantitative estimate of drug-likeness (QED) is 0.709. The van der Waals surface area contributed by atoms with E-state index >= 15 is 0 Å². The maximum Gasteiger partial charge on any atom is 0.136 e. The molecule has 0 aliphatic carbocycles. The van der Waals surface area contributed by atoms with Crippen LogP contribution in [0.25, 0.3) is 0 Å². The Morgan fingerprint density at radius 3 is 2.31 bits per heavy atom. The van der Waals surface area contributed by atoms with Crippen molar-refractivity contribution in [1.29, 1.82) is 0 Å². The van der Waals surface area contributed by atoms with Crippen LogP contribution in [-0.2, 0) is 4.79 Å². The summed E-state index contributed by atoms with van der Waals surface area (Å²) >= 11 is 0. The molecule has 1 aliphatic heterocycles. The van der Waals surface area contributed by atoms with E-state index in [9.17, 15) is 4.79 Å². The van der Waals surface area contributed by atoms with Crippen molar-refractivity contribution in [3.8, 4) is 0 Å². The van der Waals surface area contributed by atoms with Gasteiger partial charge in [0.2, 0.25) is 0 Å². The fourth-order valence-corrected chi connectivity index (χ4v) is 1.81. The molecule has 0 atom stereocenters. The number of rotatable bonds is 2. The Morgan fingerprint density at radius 1 is 1.31 bits per heavy atom. The van der Waals surface area contributed by atoms with Gasteiger partial charge in [0.15, 0.2) is 0 Å². The van der Waals surface area contributed by atoms with E-state index in [1.54, 1.807) is 0 Å². The van der Waals surface area contributed by atoms with Gasteiger partial charge in [0.1, 0.15) is 5.78 Å². The monoisotopic (exact) mass is 183 g/mol. The molecular weight excluding hydrogens is 162 g/mol. The molecule has 0 bridgehead atoms. The molecule has 0 radical (unpaired) electrons. The summed E-state index contributed by atoms with van der Waals surface area (Å²) in [5.74, 6) is 0.800. The molecule has 1 aliphatic rings. The average molecular weight is 183 g/mol. The maximum absolute atomic E-state index is 11.8. The highest BCUT2D eigenvalue weighted by molar-refractivity contribution is 5.81. The summed E-state index contributed by atoms with van der Waals surface area (Å²) in [6.07, 6.45) is 2.81. The molecule has 2 nitrogen and oxygen atoms in total. The third-order valence-corrected chi connectivity index (χ3v) is 2.50. The summed E-state index contributed by atoms with van der Waals surface area (Å²) < 4.78 is 0. The number of carbonyl (C=O) groups excluding carboxylic acids is 1. The van der Waals surface area contributed by atoms with Crippen molar-refractivity contribution in [3.63, 3.8) is 0 Å². The summed E-state index contributed by atoms with van der Waals surface area (Å²) in [5, 5.41) is 3.28. The molecule has 2 heteroatoms. The first-order valence-corrected chi connectivity index (χ1v) is 5.22. The second-order valence-electron chi connectivity index (χ2n) is 5.23. The van der Waals surface area contributed by atoms with Crippen LogP contribution in [0.1, 0.15) is 40.0 Å². The Bertz CT molecular complexity index is 175. The standard InChI is InChI=1S/C11H21NO/c1-11(2,3)8-10(13)9-4-6-12-7-5-9/h9,12H,4-8H2,1-3H3. The van der Waals surface area contributed by atoms with E-state index in [1.807, 2.05) is 0 Å². The molecule has 1 rings (SSSR count). The Morgan fingerprint density at radius 2 is 1.85 bits per heavy atom. The van der Waals surface area contributed by atoms with E-state index in [1.165, 1.54) is 0 Å². The van der Waals surface area contributed by atoms with Gasteiger partial charge >= 0.3 is 0 Å². The second-order valence-corrected chi connectivity index (χ2v) is 5.23. The fraction of sp³-hybridized carbons (Fsp3) is 0.909. The van der Waals surface area contributed by atoms with E-state index in [-0.39, 0.29) is 5.41 Å². The Hall–Kier alpha value is -0.370. The molecule has 0 aromatic rings. The Kier molecular flexibility index (Phi) is 3.48. The second kappa shape index (κ2) is 4.23. The number of hydrogen-bond donors (Lipinski definition) is 1. The van der Waals surface area contributed by atoms with Crippen LogP contribution in [0.15, 0.2) is 0 Å². The highest BCUT2D eigenvalue weighted by atomic mass is 16.1. The van der Waals surface area contributed by atoms with Crippen molar-refractivity contribution >= 4 is 5.78 Å². The number of ketones is 1. The zero-order chi connectivity index (χ0) is 9.90. The van der Waals surface area contributed by atoms with E-state index in [2.05, 4.69) is 26.1 Å². The zero-order valence-electron chi connectivity index (χ0n) is 9.02. The van der Waals surface area contributed by atoms with Crippen molar-refractivity contribution in [2.75, 3.05) is 13.1 Å². The first-order chi connectivity index (χ1) is 5.99. The number of hydrogen-bond acceptors (Lipinski definition) is 2. The molecule has 0 unspecified atom stereocenters. The minimum absolute atomic E-state index is 0.155. The van der Waals surface area contributed by atoms with E-state index in [0.717, 1.165) is 32.4 Å². The van der Waals surface area contributed by atoms with Crippen LogP contribution in [-0.4, -0.2) is 18.9 Å². The van der Waals surface area contributed by atoms with Gasteiger partial charge in [-0.2, -0.15) is 0 Å². The van der Waals surface area contributed by atoms with Gasteiger partial charge in [-0.15, -0.1) is 0 Å². The van der Waals surface area contributed by atoms with Gasteiger partial charge in [-0.25, -0.2) is 0 Å². The smallest absolute Gasteiger partial charge is 0.136 e. The van der Waals surface area contributed by atoms with Gasteiger partial charge in [0.05, 0.1) is 0 Å². The molecule has 13 heavy (non-hydrogen) atoms. The molecule has 76 valence electrons. The summed E-state index contributed by atoms with van der Waals surface area (Å²) in [6.45, 7) is 8.42. The number of piperidine rings is 1. The predicted molar refractivity (Wildman–Crippen MR) is 54.7 cm³/mol. The van der Waals surface area contributed by atoms with Crippen LogP contribution in [0, 0.1) is 11.3 Å². The third kappa shape index (κ3) is 3.90. The molecule has 0 spiro atoms. The van der Waals surface area contributed by atoms with E-state index in [4.69, 9.17) is 0 Å². The summed E-state index contributed by atoms with van der Waals surface area (Å²) in [4.78, 5) is 11.8. The molecule has 0 amide bonds. The molecule has 1 fully saturated rings. The third-order valence-electron chi connectivity index (χ3n) is 2.50. The lowest BCUT2D eigenvalue weighted by Gasteiger charge is -2.25. The van der Waals surface area contributed by atoms with Gasteiger partial charge in [-0.05, 0) is 31.3 Å². The molecule has 1 N–H and O–H groups in total. The van der Waals surface area contributed by atoms with Gasteiger partial charge in [0, 0.05) is 12.3 Å². The highest BCUT2D eigenvalue weighted by Crippen LogP contribution is 2.24. The first-order valence-electron chi connectivity index (χ1n) is 5.22. The highest BCUT2D eigenvalue weighted by Gasteiger charge is 2.24. The van der Waals surface area contributed by atoms with E-state index in [0.29, 0.717) is 11.7 Å². The number of Topliss-reactive ketones (excluding diaryl/α,β-unsaturated/α-hetero) is 1. The molecule has 0 aromatic heterocycles. The molecule has 1 heterocycles. The normalized spacial score (nSPS) is 20.2. The largest absolute Gasteiger partial charge is 0.317 e. The Balaban J connectivity index is 2.38. The molecule has 0 aromatic carbocycles. The Labute approximate surface area is 81.1 Å². The van der Waals surface area contributed by atoms with Gasteiger partial charge in [-0.1, -0.05) is 20.8 Å². The average Bonchev–Trinajstić information content (AvgIpc) is 2.03. The minimum Gasteiger partial charge on any atom is -0.317 e. The molecule has 1 saturated heterocycles.